The van der Waals surface area contributed by atoms with Gasteiger partial charge in [-0.25, -0.2) is 0 Å². The summed E-state index contributed by atoms with van der Waals surface area (Å²) in [5.41, 5.74) is 4.37. The number of nitrogens with zero attached hydrogens (tertiary/aromatic N) is 3. The van der Waals surface area contributed by atoms with Crippen LogP contribution in [0.25, 0.3) is 11.1 Å². The van der Waals surface area contributed by atoms with Crippen molar-refractivity contribution in [2.24, 2.45) is 7.05 Å². The molecule has 0 bridgehead atoms. The van der Waals surface area contributed by atoms with E-state index >= 15 is 0 Å². The van der Waals surface area contributed by atoms with Crippen LogP contribution in [0.2, 0.25) is 0 Å². The molecule has 0 radical (unpaired) electrons. The molecule has 0 aliphatic heterocycles. The summed E-state index contributed by atoms with van der Waals surface area (Å²) >= 11 is 0. The third kappa shape index (κ3) is 4.58. The van der Waals surface area contributed by atoms with Crippen molar-refractivity contribution in [1.29, 1.82) is 0 Å². The second-order valence-electron chi connectivity index (χ2n) is 6.85. The maximum atomic E-state index is 13.1. The van der Waals surface area contributed by atoms with Crippen molar-refractivity contribution in [2.45, 2.75) is 13.0 Å². The predicted octanol–water partition coefficient (Wildman–Crippen LogP) is 4.49. The number of hydrogen-bond donors (Lipinski definition) is 0. The first kappa shape index (κ1) is 18.6. The predicted molar refractivity (Wildman–Crippen MR) is 112 cm³/mol. The summed E-state index contributed by atoms with van der Waals surface area (Å²) in [5.74, 6) is 0.571. The molecule has 144 valence electrons. The Labute approximate surface area is 169 Å². The van der Waals surface area contributed by atoms with Gasteiger partial charge in [0.25, 0.3) is 0 Å². The summed E-state index contributed by atoms with van der Waals surface area (Å²) in [6, 6.07) is 19.4. The maximum absolute atomic E-state index is 13.1. The summed E-state index contributed by atoms with van der Waals surface area (Å²) in [6.07, 6.45) is 7.40. The van der Waals surface area contributed by atoms with Crippen LogP contribution in [-0.4, -0.2) is 20.5 Å². The molecule has 5 nitrogen and oxygen atoms in total. The molecule has 4 aromatic rings. The van der Waals surface area contributed by atoms with Gasteiger partial charge in [0.2, 0.25) is 0 Å². The van der Waals surface area contributed by atoms with Gasteiger partial charge in [-0.05, 0) is 34.9 Å². The largest absolute Gasteiger partial charge is 0.488 e. The third-order valence-corrected chi connectivity index (χ3v) is 4.64. The molecule has 2 heterocycles. The van der Waals surface area contributed by atoms with Crippen LogP contribution in [0.1, 0.15) is 21.5 Å². The fourth-order valence-electron chi connectivity index (χ4n) is 3.14. The van der Waals surface area contributed by atoms with Crippen molar-refractivity contribution in [3.63, 3.8) is 0 Å². The molecule has 29 heavy (non-hydrogen) atoms. The van der Waals surface area contributed by atoms with Crippen LogP contribution in [0, 0.1) is 0 Å². The molecule has 0 saturated heterocycles. The van der Waals surface area contributed by atoms with Crippen LogP contribution in [-0.2, 0) is 20.1 Å². The van der Waals surface area contributed by atoms with E-state index in [4.69, 9.17) is 4.74 Å². The van der Waals surface area contributed by atoms with E-state index in [2.05, 4.69) is 10.1 Å². The lowest BCUT2D eigenvalue weighted by atomic mass is 9.99. The van der Waals surface area contributed by atoms with E-state index in [1.807, 2.05) is 73.9 Å². The number of hydrogen-bond acceptors (Lipinski definition) is 4. The van der Waals surface area contributed by atoms with Gasteiger partial charge in [-0.3, -0.25) is 14.5 Å². The Kier molecular flexibility index (Phi) is 5.47. The number of pyridine rings is 1. The fourth-order valence-corrected chi connectivity index (χ4v) is 3.14. The van der Waals surface area contributed by atoms with Gasteiger partial charge >= 0.3 is 0 Å². The van der Waals surface area contributed by atoms with E-state index < -0.39 is 0 Å². The second kappa shape index (κ2) is 8.52. The van der Waals surface area contributed by atoms with Crippen molar-refractivity contribution in [1.82, 2.24) is 14.8 Å². The van der Waals surface area contributed by atoms with Gasteiger partial charge in [-0.1, -0.05) is 42.5 Å². The van der Waals surface area contributed by atoms with Gasteiger partial charge in [-0.15, -0.1) is 0 Å². The Hall–Kier alpha value is -3.73. The lowest BCUT2D eigenvalue weighted by Crippen LogP contribution is -2.08. The SMILES string of the molecule is Cn1cc(-c2ccc(OCc3ccccc3)c(C(=O)Cc3cccnc3)c2)cn1. The number of aromatic nitrogens is 3. The van der Waals surface area contributed by atoms with Gasteiger partial charge in [0.05, 0.1) is 11.8 Å². The van der Waals surface area contributed by atoms with Crippen molar-refractivity contribution < 1.29 is 9.53 Å². The second-order valence-corrected chi connectivity index (χ2v) is 6.85. The Balaban J connectivity index is 1.64. The molecule has 2 aromatic heterocycles. The highest BCUT2D eigenvalue weighted by atomic mass is 16.5. The smallest absolute Gasteiger partial charge is 0.171 e. The summed E-state index contributed by atoms with van der Waals surface area (Å²) in [5, 5.41) is 4.23. The molecule has 0 atom stereocenters. The van der Waals surface area contributed by atoms with E-state index in [1.54, 1.807) is 23.3 Å². The first-order valence-corrected chi connectivity index (χ1v) is 9.41. The first-order chi connectivity index (χ1) is 14.2. The van der Waals surface area contributed by atoms with Crippen molar-refractivity contribution in [3.05, 3.63) is 102 Å². The van der Waals surface area contributed by atoms with Gasteiger partial charge in [0.15, 0.2) is 5.78 Å². The highest BCUT2D eigenvalue weighted by molar-refractivity contribution is 6.01. The number of aryl methyl sites for hydroxylation is 1. The quantitative estimate of drug-likeness (QED) is 0.441. The molecule has 0 aliphatic carbocycles. The molecule has 0 aliphatic rings. The number of rotatable bonds is 7. The van der Waals surface area contributed by atoms with Crippen LogP contribution in [0.5, 0.6) is 5.75 Å². The third-order valence-electron chi connectivity index (χ3n) is 4.64. The summed E-state index contributed by atoms with van der Waals surface area (Å²) in [7, 11) is 1.87. The van der Waals surface area contributed by atoms with Crippen molar-refractivity contribution >= 4 is 5.78 Å². The van der Waals surface area contributed by atoms with Crippen LogP contribution in [0.3, 0.4) is 0 Å². The first-order valence-electron chi connectivity index (χ1n) is 9.41. The molecule has 0 spiro atoms. The van der Waals surface area contributed by atoms with Crippen LogP contribution >= 0.6 is 0 Å². The number of carbonyl (C=O) groups excluding carboxylic acids is 1. The lowest BCUT2D eigenvalue weighted by molar-refractivity contribution is 0.0988. The molecule has 0 amide bonds. The zero-order chi connectivity index (χ0) is 20.1. The minimum Gasteiger partial charge on any atom is -0.488 e. The Morgan fingerprint density at radius 1 is 0.966 bits per heavy atom. The van der Waals surface area contributed by atoms with E-state index in [9.17, 15) is 4.79 Å². The summed E-state index contributed by atoms with van der Waals surface area (Å²) in [4.78, 5) is 17.2. The summed E-state index contributed by atoms with van der Waals surface area (Å²) in [6.45, 7) is 0.403. The molecule has 0 unspecified atom stereocenters. The van der Waals surface area contributed by atoms with Crippen LogP contribution < -0.4 is 4.74 Å². The van der Waals surface area contributed by atoms with E-state index in [1.165, 1.54) is 0 Å². The number of benzene rings is 2. The Morgan fingerprint density at radius 3 is 2.52 bits per heavy atom. The topological polar surface area (TPSA) is 57.0 Å². The van der Waals surface area contributed by atoms with Gasteiger partial charge in [0, 0.05) is 37.6 Å². The van der Waals surface area contributed by atoms with E-state index in [0.29, 0.717) is 17.9 Å². The Bertz CT molecular complexity index is 1110. The van der Waals surface area contributed by atoms with Gasteiger partial charge < -0.3 is 4.74 Å². The molecule has 4 rings (SSSR count). The minimum atomic E-state index is -0.00759. The van der Waals surface area contributed by atoms with Gasteiger partial charge in [0.1, 0.15) is 12.4 Å². The highest BCUT2D eigenvalue weighted by Gasteiger charge is 2.16. The highest BCUT2D eigenvalue weighted by Crippen LogP contribution is 2.28. The standard InChI is InChI=1S/C24H21N3O2/c1-27-16-21(15-26-27)20-9-10-24(29-17-18-6-3-2-4-7-18)22(13-20)23(28)12-19-8-5-11-25-14-19/h2-11,13-16H,12,17H2,1H3. The summed E-state index contributed by atoms with van der Waals surface area (Å²) < 4.78 is 7.76. The number of carbonyl (C=O) groups is 1. The normalized spacial score (nSPS) is 10.7. The lowest BCUT2D eigenvalue weighted by Gasteiger charge is -2.13. The molecule has 2 aromatic carbocycles. The average Bonchev–Trinajstić information content (AvgIpc) is 3.20. The molecular formula is C24H21N3O2. The van der Waals surface area contributed by atoms with Crippen molar-refractivity contribution in [3.8, 4) is 16.9 Å². The number of Topliss-reactive ketones (excluding diaryl/α,β-unsaturated/α-hetero) is 1. The zero-order valence-corrected chi connectivity index (χ0v) is 16.2. The molecule has 0 saturated carbocycles. The van der Waals surface area contributed by atoms with Crippen LogP contribution in [0.15, 0.2) is 85.5 Å². The fraction of sp³-hybridized carbons (Fsp3) is 0.125. The average molecular weight is 383 g/mol. The molecular weight excluding hydrogens is 362 g/mol. The zero-order valence-electron chi connectivity index (χ0n) is 16.2. The van der Waals surface area contributed by atoms with Crippen LogP contribution in [0.4, 0.5) is 0 Å². The molecule has 0 N–H and O–H groups in total. The molecule has 5 heteroatoms. The van der Waals surface area contributed by atoms with Crippen molar-refractivity contribution in [2.75, 3.05) is 0 Å². The van der Waals surface area contributed by atoms with Gasteiger partial charge in [-0.2, -0.15) is 5.10 Å². The monoisotopic (exact) mass is 383 g/mol. The maximum Gasteiger partial charge on any atom is 0.171 e. The molecule has 0 fully saturated rings. The van der Waals surface area contributed by atoms with E-state index in [-0.39, 0.29) is 12.2 Å². The Morgan fingerprint density at radius 2 is 1.79 bits per heavy atom. The van der Waals surface area contributed by atoms with E-state index in [0.717, 1.165) is 22.3 Å². The minimum absolute atomic E-state index is 0.00759. The number of ether oxygens (including phenoxy) is 1. The number of ketones is 1.